The minimum Gasteiger partial charge on any atom is -0.391 e. The van der Waals surface area contributed by atoms with Crippen LogP contribution in [0.3, 0.4) is 0 Å². The van der Waals surface area contributed by atoms with E-state index in [0.717, 1.165) is 18.5 Å². The number of likely N-dealkylation sites (tertiary alicyclic amines) is 1. The first kappa shape index (κ1) is 19.0. The molecule has 1 aliphatic heterocycles. The normalized spacial score (nSPS) is 22.2. The van der Waals surface area contributed by atoms with Gasteiger partial charge in [0.25, 0.3) is 0 Å². The zero-order chi connectivity index (χ0) is 17.7. The molecule has 0 aliphatic carbocycles. The van der Waals surface area contributed by atoms with Gasteiger partial charge in [0.05, 0.1) is 11.9 Å². The molecular formula is C15H27N5O3S. The summed E-state index contributed by atoms with van der Waals surface area (Å²) in [6.45, 7) is 4.52. The van der Waals surface area contributed by atoms with Gasteiger partial charge < -0.3 is 10.4 Å². The van der Waals surface area contributed by atoms with Crippen LogP contribution in [0.4, 0.5) is 5.95 Å². The van der Waals surface area contributed by atoms with E-state index in [4.69, 9.17) is 0 Å². The van der Waals surface area contributed by atoms with Crippen molar-refractivity contribution in [2.45, 2.75) is 26.0 Å². The van der Waals surface area contributed by atoms with E-state index in [1.54, 1.807) is 12.4 Å². The lowest BCUT2D eigenvalue weighted by atomic mass is 10.1. The van der Waals surface area contributed by atoms with Crippen LogP contribution in [-0.4, -0.2) is 78.3 Å². The highest BCUT2D eigenvalue weighted by Crippen LogP contribution is 2.21. The number of hydrogen-bond donors (Lipinski definition) is 2. The summed E-state index contributed by atoms with van der Waals surface area (Å²) in [5.41, 5.74) is 0.945. The van der Waals surface area contributed by atoms with Crippen LogP contribution in [-0.2, 0) is 16.6 Å². The molecule has 0 bridgehead atoms. The lowest BCUT2D eigenvalue weighted by Crippen LogP contribution is -2.33. The molecule has 0 aromatic carbocycles. The van der Waals surface area contributed by atoms with E-state index in [0.29, 0.717) is 25.6 Å². The zero-order valence-corrected chi connectivity index (χ0v) is 15.3. The molecular weight excluding hydrogens is 330 g/mol. The molecule has 24 heavy (non-hydrogen) atoms. The van der Waals surface area contributed by atoms with Gasteiger partial charge >= 0.3 is 0 Å². The number of rotatable bonds is 8. The monoisotopic (exact) mass is 357 g/mol. The van der Waals surface area contributed by atoms with Crippen molar-refractivity contribution >= 4 is 16.0 Å². The van der Waals surface area contributed by atoms with Gasteiger partial charge in [-0.15, -0.1) is 0 Å². The first-order valence-corrected chi connectivity index (χ1v) is 9.78. The van der Waals surface area contributed by atoms with Gasteiger partial charge in [0.15, 0.2) is 0 Å². The Morgan fingerprint density at radius 1 is 1.33 bits per heavy atom. The van der Waals surface area contributed by atoms with E-state index in [2.05, 4.69) is 22.2 Å². The van der Waals surface area contributed by atoms with Gasteiger partial charge in [-0.1, -0.05) is 6.92 Å². The van der Waals surface area contributed by atoms with Crippen LogP contribution in [0.15, 0.2) is 12.4 Å². The molecule has 136 valence electrons. The SMILES string of the molecule is CCCNc1ncc(CN2C[C@@H](CS(=O)(=O)N(C)C)[C@H](O)C2)cn1. The van der Waals surface area contributed by atoms with Crippen molar-refractivity contribution in [3.63, 3.8) is 0 Å². The quantitative estimate of drug-likeness (QED) is 0.675. The minimum atomic E-state index is -3.31. The molecule has 0 spiro atoms. The summed E-state index contributed by atoms with van der Waals surface area (Å²) < 4.78 is 25.2. The Balaban J connectivity index is 1.90. The second-order valence-corrected chi connectivity index (χ2v) is 8.65. The van der Waals surface area contributed by atoms with Crippen molar-refractivity contribution < 1.29 is 13.5 Å². The van der Waals surface area contributed by atoms with Crippen LogP contribution in [0, 0.1) is 5.92 Å². The summed E-state index contributed by atoms with van der Waals surface area (Å²) in [5, 5.41) is 13.3. The van der Waals surface area contributed by atoms with Crippen molar-refractivity contribution in [2.75, 3.05) is 44.8 Å². The van der Waals surface area contributed by atoms with Crippen LogP contribution < -0.4 is 5.32 Å². The first-order valence-electron chi connectivity index (χ1n) is 8.17. The van der Waals surface area contributed by atoms with Crippen molar-refractivity contribution in [3.8, 4) is 0 Å². The number of nitrogens with one attached hydrogen (secondary N) is 1. The maximum Gasteiger partial charge on any atom is 0.222 e. The van der Waals surface area contributed by atoms with E-state index in [-0.39, 0.29) is 11.7 Å². The number of aliphatic hydroxyl groups excluding tert-OH is 1. The summed E-state index contributed by atoms with van der Waals surface area (Å²) >= 11 is 0. The van der Waals surface area contributed by atoms with E-state index in [1.807, 2.05) is 4.90 Å². The molecule has 1 saturated heterocycles. The average molecular weight is 357 g/mol. The lowest BCUT2D eigenvalue weighted by Gasteiger charge is -2.18. The smallest absolute Gasteiger partial charge is 0.222 e. The molecule has 2 rings (SSSR count). The maximum absolute atomic E-state index is 12.0. The maximum atomic E-state index is 12.0. The van der Waals surface area contributed by atoms with Crippen molar-refractivity contribution in [1.29, 1.82) is 0 Å². The topological polar surface area (TPSA) is 98.7 Å². The predicted octanol–water partition coefficient (Wildman–Crippen LogP) is -0.0174. The Morgan fingerprint density at radius 3 is 2.58 bits per heavy atom. The summed E-state index contributed by atoms with van der Waals surface area (Å²) in [7, 11) is -0.284. The molecule has 0 amide bonds. The Bertz CT molecular complexity index is 621. The second-order valence-electron chi connectivity index (χ2n) is 6.42. The Hall–Kier alpha value is -1.29. The van der Waals surface area contributed by atoms with Crippen molar-refractivity contribution in [1.82, 2.24) is 19.2 Å². The average Bonchev–Trinajstić information content (AvgIpc) is 2.85. The third-order valence-electron chi connectivity index (χ3n) is 4.11. The predicted molar refractivity (Wildman–Crippen MR) is 93.1 cm³/mol. The first-order chi connectivity index (χ1) is 11.3. The summed E-state index contributed by atoms with van der Waals surface area (Å²) in [5.74, 6) is 0.300. The number of aliphatic hydroxyl groups is 1. The number of sulfonamides is 1. The number of nitrogens with zero attached hydrogens (tertiary/aromatic N) is 4. The Labute approximate surface area is 144 Å². The van der Waals surface area contributed by atoms with Gasteiger partial charge in [-0.2, -0.15) is 0 Å². The largest absolute Gasteiger partial charge is 0.391 e. The molecule has 8 nitrogen and oxygen atoms in total. The highest BCUT2D eigenvalue weighted by atomic mass is 32.2. The summed E-state index contributed by atoms with van der Waals surface area (Å²) in [4.78, 5) is 10.6. The molecule has 1 aromatic rings. The Morgan fingerprint density at radius 2 is 2.00 bits per heavy atom. The van der Waals surface area contributed by atoms with E-state index < -0.39 is 16.1 Å². The van der Waals surface area contributed by atoms with E-state index in [9.17, 15) is 13.5 Å². The molecule has 1 aliphatic rings. The second kappa shape index (κ2) is 8.19. The number of β-amino-alcohol motifs (C(OH)–C–C–N with tert-alkyl or cyclic N) is 1. The minimum absolute atomic E-state index is 0.0337. The third-order valence-corrected chi connectivity index (χ3v) is 6.07. The van der Waals surface area contributed by atoms with Gasteiger partial charge in [-0.05, 0) is 6.42 Å². The standard InChI is InChI=1S/C15H27N5O3S/c1-4-5-16-15-17-6-12(7-18-15)8-20-9-13(14(21)10-20)11-24(22,23)19(2)3/h6-7,13-14,21H,4-5,8-11H2,1-3H3,(H,16,17,18)/t13-,14+/m0/s1. The van der Waals surface area contributed by atoms with E-state index in [1.165, 1.54) is 18.4 Å². The van der Waals surface area contributed by atoms with Crippen LogP contribution in [0.1, 0.15) is 18.9 Å². The third kappa shape index (κ3) is 5.10. The molecule has 1 aromatic heterocycles. The van der Waals surface area contributed by atoms with Crippen LogP contribution in [0.25, 0.3) is 0 Å². The molecule has 1 fully saturated rings. The van der Waals surface area contributed by atoms with Crippen LogP contribution >= 0.6 is 0 Å². The number of hydrogen-bond acceptors (Lipinski definition) is 7. The van der Waals surface area contributed by atoms with Crippen LogP contribution in [0.2, 0.25) is 0 Å². The molecule has 9 heteroatoms. The summed E-state index contributed by atoms with van der Waals surface area (Å²) in [6, 6.07) is 0. The van der Waals surface area contributed by atoms with Crippen LogP contribution in [0.5, 0.6) is 0 Å². The fourth-order valence-electron chi connectivity index (χ4n) is 2.68. The fraction of sp³-hybridized carbons (Fsp3) is 0.733. The zero-order valence-electron chi connectivity index (χ0n) is 14.5. The summed E-state index contributed by atoms with van der Waals surface area (Å²) in [6.07, 6.45) is 3.91. The van der Waals surface area contributed by atoms with Crippen molar-refractivity contribution in [2.24, 2.45) is 5.92 Å². The van der Waals surface area contributed by atoms with Gasteiger partial charge in [-0.3, -0.25) is 4.90 Å². The van der Waals surface area contributed by atoms with E-state index >= 15 is 0 Å². The van der Waals surface area contributed by atoms with Gasteiger partial charge in [0.1, 0.15) is 0 Å². The van der Waals surface area contributed by atoms with Crippen molar-refractivity contribution in [3.05, 3.63) is 18.0 Å². The highest BCUT2D eigenvalue weighted by molar-refractivity contribution is 7.89. The molecule has 2 heterocycles. The molecule has 2 atom stereocenters. The van der Waals surface area contributed by atoms with Gasteiger partial charge in [0, 0.05) is 64.1 Å². The Kier molecular flexibility index (Phi) is 6.50. The van der Waals surface area contributed by atoms with Gasteiger partial charge in [-0.25, -0.2) is 22.7 Å². The molecule has 2 N–H and O–H groups in total. The highest BCUT2D eigenvalue weighted by Gasteiger charge is 2.35. The molecule has 0 unspecified atom stereocenters. The number of aromatic nitrogens is 2. The fourth-order valence-corrected chi connectivity index (χ4v) is 3.84. The molecule has 0 saturated carbocycles. The molecule has 0 radical (unpaired) electrons. The number of anilines is 1. The van der Waals surface area contributed by atoms with Gasteiger partial charge in [0.2, 0.25) is 16.0 Å². The lowest BCUT2D eigenvalue weighted by molar-refractivity contribution is 0.148.